The highest BCUT2D eigenvalue weighted by atomic mass is 79.9. The minimum atomic E-state index is -0.140. The SMILES string of the molecule is CN(C)c1ccc(/C=N\NC(=O)Cc2ccc(Br)c3ccccc23)cc1. The molecule has 0 saturated carbocycles. The molecular formula is C21H20BrN3O. The minimum Gasteiger partial charge on any atom is -0.378 e. The molecule has 0 aliphatic carbocycles. The number of nitrogens with zero attached hydrogens (tertiary/aromatic N) is 2. The Morgan fingerprint density at radius 2 is 1.73 bits per heavy atom. The molecule has 0 aliphatic heterocycles. The lowest BCUT2D eigenvalue weighted by Crippen LogP contribution is -2.19. The molecule has 132 valence electrons. The molecule has 0 fully saturated rings. The predicted molar refractivity (Wildman–Crippen MR) is 112 cm³/mol. The Morgan fingerprint density at radius 3 is 2.42 bits per heavy atom. The summed E-state index contributed by atoms with van der Waals surface area (Å²) < 4.78 is 1.02. The lowest BCUT2D eigenvalue weighted by atomic mass is 10.0. The Balaban J connectivity index is 1.65. The van der Waals surface area contributed by atoms with Gasteiger partial charge in [-0.3, -0.25) is 4.79 Å². The van der Waals surface area contributed by atoms with Crippen LogP contribution in [0.5, 0.6) is 0 Å². The van der Waals surface area contributed by atoms with Crippen molar-refractivity contribution in [2.45, 2.75) is 6.42 Å². The molecule has 3 aromatic rings. The third-order valence-electron chi connectivity index (χ3n) is 4.12. The molecular weight excluding hydrogens is 390 g/mol. The molecule has 1 N–H and O–H groups in total. The summed E-state index contributed by atoms with van der Waals surface area (Å²) >= 11 is 3.55. The van der Waals surface area contributed by atoms with Crippen LogP contribution in [0.4, 0.5) is 5.69 Å². The Hall–Kier alpha value is -2.66. The smallest absolute Gasteiger partial charge is 0.244 e. The molecule has 3 rings (SSSR count). The lowest BCUT2D eigenvalue weighted by molar-refractivity contribution is -0.120. The molecule has 0 radical (unpaired) electrons. The molecule has 1 amide bonds. The first-order valence-corrected chi connectivity index (χ1v) is 9.09. The number of rotatable bonds is 5. The van der Waals surface area contributed by atoms with Gasteiger partial charge in [0, 0.05) is 24.3 Å². The summed E-state index contributed by atoms with van der Waals surface area (Å²) in [5.74, 6) is -0.140. The molecule has 5 heteroatoms. The van der Waals surface area contributed by atoms with Gasteiger partial charge >= 0.3 is 0 Å². The first-order valence-electron chi connectivity index (χ1n) is 8.30. The summed E-state index contributed by atoms with van der Waals surface area (Å²) in [5, 5.41) is 6.23. The summed E-state index contributed by atoms with van der Waals surface area (Å²) in [5.41, 5.74) is 5.64. The van der Waals surface area contributed by atoms with Gasteiger partial charge < -0.3 is 4.90 Å². The fraction of sp³-hybridized carbons (Fsp3) is 0.143. The molecule has 0 saturated heterocycles. The van der Waals surface area contributed by atoms with Crippen LogP contribution in [0.25, 0.3) is 10.8 Å². The molecule has 0 unspecified atom stereocenters. The molecule has 3 aromatic carbocycles. The number of hydrogen-bond acceptors (Lipinski definition) is 3. The number of hydrogen-bond donors (Lipinski definition) is 1. The summed E-state index contributed by atoms with van der Waals surface area (Å²) in [7, 11) is 3.99. The normalized spacial score (nSPS) is 11.0. The zero-order valence-corrected chi connectivity index (χ0v) is 16.3. The lowest BCUT2D eigenvalue weighted by Gasteiger charge is -2.11. The van der Waals surface area contributed by atoms with Crippen molar-refractivity contribution in [3.8, 4) is 0 Å². The van der Waals surface area contributed by atoms with Gasteiger partial charge in [-0.15, -0.1) is 0 Å². The molecule has 0 atom stereocenters. The van der Waals surface area contributed by atoms with Gasteiger partial charge in [0.1, 0.15) is 0 Å². The second kappa shape index (κ2) is 8.15. The summed E-state index contributed by atoms with van der Waals surface area (Å²) in [6, 6.07) is 19.9. The highest BCUT2D eigenvalue weighted by Gasteiger charge is 2.08. The van der Waals surface area contributed by atoms with E-state index in [1.807, 2.05) is 79.7 Å². The van der Waals surface area contributed by atoms with E-state index in [-0.39, 0.29) is 12.3 Å². The van der Waals surface area contributed by atoms with Crippen LogP contribution in [0, 0.1) is 0 Å². The van der Waals surface area contributed by atoms with Crippen molar-refractivity contribution >= 4 is 44.5 Å². The molecule has 0 aromatic heterocycles. The second-order valence-corrected chi connectivity index (χ2v) is 7.06. The third kappa shape index (κ3) is 4.29. The Labute approximate surface area is 161 Å². The highest BCUT2D eigenvalue weighted by molar-refractivity contribution is 9.10. The van der Waals surface area contributed by atoms with Crippen LogP contribution in [-0.4, -0.2) is 26.2 Å². The number of anilines is 1. The van der Waals surface area contributed by atoms with Crippen molar-refractivity contribution in [2.24, 2.45) is 5.10 Å². The van der Waals surface area contributed by atoms with Crippen LogP contribution in [-0.2, 0) is 11.2 Å². The van der Waals surface area contributed by atoms with E-state index in [9.17, 15) is 4.79 Å². The molecule has 0 aliphatic rings. The number of halogens is 1. The standard InChI is InChI=1S/C21H20BrN3O/c1-25(2)17-10-7-15(8-11-17)14-23-24-21(26)13-16-9-12-20(22)19-6-4-3-5-18(16)19/h3-12,14H,13H2,1-2H3,(H,24,26)/b23-14-. The Bertz CT molecular complexity index is 949. The maximum Gasteiger partial charge on any atom is 0.244 e. The maximum atomic E-state index is 12.2. The monoisotopic (exact) mass is 409 g/mol. The number of nitrogens with one attached hydrogen (secondary N) is 1. The first-order chi connectivity index (χ1) is 12.5. The first kappa shape index (κ1) is 18.1. The van der Waals surface area contributed by atoms with Gasteiger partial charge in [-0.1, -0.05) is 58.4 Å². The molecule has 0 bridgehead atoms. The van der Waals surface area contributed by atoms with Gasteiger partial charge in [0.25, 0.3) is 0 Å². The number of carbonyl (C=O) groups is 1. The Kier molecular flexibility index (Phi) is 5.68. The zero-order valence-electron chi connectivity index (χ0n) is 14.7. The molecule has 0 spiro atoms. The van der Waals surface area contributed by atoms with Crippen molar-refractivity contribution < 1.29 is 4.79 Å². The average molecular weight is 410 g/mol. The summed E-state index contributed by atoms with van der Waals surface area (Å²) in [6.07, 6.45) is 1.93. The molecule has 0 heterocycles. The van der Waals surface area contributed by atoms with E-state index in [1.54, 1.807) is 6.21 Å². The van der Waals surface area contributed by atoms with Crippen molar-refractivity contribution in [1.82, 2.24) is 5.43 Å². The number of hydrazone groups is 1. The maximum absolute atomic E-state index is 12.2. The summed E-state index contributed by atoms with van der Waals surface area (Å²) in [4.78, 5) is 14.3. The van der Waals surface area contributed by atoms with Crippen LogP contribution >= 0.6 is 15.9 Å². The number of fused-ring (bicyclic) bond motifs is 1. The zero-order chi connectivity index (χ0) is 18.5. The van der Waals surface area contributed by atoms with Crippen LogP contribution in [0.1, 0.15) is 11.1 Å². The van der Waals surface area contributed by atoms with E-state index in [0.29, 0.717) is 0 Å². The van der Waals surface area contributed by atoms with Crippen molar-refractivity contribution in [3.63, 3.8) is 0 Å². The van der Waals surface area contributed by atoms with E-state index in [0.717, 1.165) is 32.1 Å². The van der Waals surface area contributed by atoms with E-state index in [1.165, 1.54) is 0 Å². The predicted octanol–water partition coefficient (Wildman–Crippen LogP) is 4.36. The van der Waals surface area contributed by atoms with Crippen LogP contribution in [0.15, 0.2) is 70.2 Å². The van der Waals surface area contributed by atoms with Crippen molar-refractivity contribution in [3.05, 3.63) is 76.3 Å². The second-order valence-electron chi connectivity index (χ2n) is 6.21. The fourth-order valence-corrected chi connectivity index (χ4v) is 3.21. The third-order valence-corrected chi connectivity index (χ3v) is 4.82. The summed E-state index contributed by atoms with van der Waals surface area (Å²) in [6.45, 7) is 0. The average Bonchev–Trinajstić information content (AvgIpc) is 2.65. The van der Waals surface area contributed by atoms with Gasteiger partial charge in [-0.25, -0.2) is 5.43 Å². The van der Waals surface area contributed by atoms with Crippen LogP contribution < -0.4 is 10.3 Å². The highest BCUT2D eigenvalue weighted by Crippen LogP contribution is 2.27. The van der Waals surface area contributed by atoms with Crippen molar-refractivity contribution in [1.29, 1.82) is 0 Å². The number of amides is 1. The minimum absolute atomic E-state index is 0.140. The van der Waals surface area contributed by atoms with Gasteiger partial charge in [0.2, 0.25) is 5.91 Å². The Morgan fingerprint density at radius 1 is 1.04 bits per heavy atom. The van der Waals surface area contributed by atoms with Gasteiger partial charge in [-0.2, -0.15) is 5.10 Å². The topological polar surface area (TPSA) is 44.7 Å². The van der Waals surface area contributed by atoms with Crippen LogP contribution in [0.2, 0.25) is 0 Å². The number of benzene rings is 3. The van der Waals surface area contributed by atoms with E-state index < -0.39 is 0 Å². The molecule has 4 nitrogen and oxygen atoms in total. The van der Waals surface area contributed by atoms with Gasteiger partial charge in [-0.05, 0) is 40.1 Å². The van der Waals surface area contributed by atoms with E-state index in [2.05, 4.69) is 26.5 Å². The fourth-order valence-electron chi connectivity index (χ4n) is 2.73. The quantitative estimate of drug-likeness (QED) is 0.502. The largest absolute Gasteiger partial charge is 0.378 e. The van der Waals surface area contributed by atoms with E-state index in [4.69, 9.17) is 0 Å². The van der Waals surface area contributed by atoms with Gasteiger partial charge in [0.15, 0.2) is 0 Å². The number of carbonyl (C=O) groups excluding carboxylic acids is 1. The van der Waals surface area contributed by atoms with Crippen molar-refractivity contribution in [2.75, 3.05) is 19.0 Å². The van der Waals surface area contributed by atoms with Gasteiger partial charge in [0.05, 0.1) is 12.6 Å². The molecule has 26 heavy (non-hydrogen) atoms. The van der Waals surface area contributed by atoms with E-state index >= 15 is 0 Å². The van der Waals surface area contributed by atoms with Crippen LogP contribution in [0.3, 0.4) is 0 Å².